The van der Waals surface area contributed by atoms with Gasteiger partial charge in [0.05, 0.1) is 19.3 Å². The Bertz CT molecular complexity index is 324. The quantitative estimate of drug-likeness (QED) is 0.775. The maximum Gasteiger partial charge on any atom is 0.116 e. The summed E-state index contributed by atoms with van der Waals surface area (Å²) in [6.45, 7) is 2.38. The number of nitrogens with one attached hydrogen (secondary N) is 1. The zero-order valence-electron chi connectivity index (χ0n) is 7.66. The highest BCUT2D eigenvalue weighted by atomic mass is 127. The van der Waals surface area contributed by atoms with Gasteiger partial charge in [0.1, 0.15) is 5.75 Å². The summed E-state index contributed by atoms with van der Waals surface area (Å²) in [5.41, 5.74) is 1.20. The van der Waals surface area contributed by atoms with Gasteiger partial charge in [0.2, 0.25) is 0 Å². The predicted octanol–water partition coefficient (Wildman–Crippen LogP) is 1.66. The molecule has 1 saturated heterocycles. The third-order valence-corrected chi connectivity index (χ3v) is 3.22. The first-order valence-corrected chi connectivity index (χ1v) is 5.65. The SMILES string of the molecule is Oc1ccc(C2COCCN2)c(I)c1. The van der Waals surface area contributed by atoms with Crippen molar-refractivity contribution in [3.8, 4) is 5.75 Å². The Kier molecular flexibility index (Phi) is 3.25. The van der Waals surface area contributed by atoms with Gasteiger partial charge in [-0.15, -0.1) is 0 Å². The molecule has 76 valence electrons. The van der Waals surface area contributed by atoms with Crippen LogP contribution in [0.4, 0.5) is 0 Å². The minimum atomic E-state index is 0.260. The second-order valence-corrected chi connectivity index (χ2v) is 4.45. The fraction of sp³-hybridized carbons (Fsp3) is 0.400. The summed E-state index contributed by atoms with van der Waals surface area (Å²) in [5, 5.41) is 12.7. The van der Waals surface area contributed by atoms with E-state index >= 15 is 0 Å². The number of aromatic hydroxyl groups is 1. The lowest BCUT2D eigenvalue weighted by molar-refractivity contribution is 0.0766. The van der Waals surface area contributed by atoms with E-state index in [0.717, 1.165) is 16.7 Å². The van der Waals surface area contributed by atoms with E-state index in [1.165, 1.54) is 5.56 Å². The number of phenols is 1. The maximum atomic E-state index is 9.28. The third-order valence-electron chi connectivity index (χ3n) is 2.28. The summed E-state index contributed by atoms with van der Waals surface area (Å²) in [7, 11) is 0. The van der Waals surface area contributed by atoms with E-state index < -0.39 is 0 Å². The third kappa shape index (κ3) is 2.18. The molecule has 0 bridgehead atoms. The first-order chi connectivity index (χ1) is 6.77. The number of rotatable bonds is 1. The Morgan fingerprint density at radius 3 is 3.00 bits per heavy atom. The number of halogens is 1. The molecule has 0 amide bonds. The summed E-state index contributed by atoms with van der Waals surface area (Å²) >= 11 is 2.23. The number of benzene rings is 1. The first-order valence-electron chi connectivity index (χ1n) is 4.57. The lowest BCUT2D eigenvalue weighted by atomic mass is 10.1. The van der Waals surface area contributed by atoms with E-state index in [4.69, 9.17) is 4.74 Å². The van der Waals surface area contributed by atoms with Gasteiger partial charge in [-0.2, -0.15) is 0 Å². The van der Waals surface area contributed by atoms with Gasteiger partial charge in [-0.05, 0) is 40.3 Å². The molecule has 1 atom stereocenters. The Hall–Kier alpha value is -0.330. The number of hydrogen-bond donors (Lipinski definition) is 2. The highest BCUT2D eigenvalue weighted by Gasteiger charge is 2.17. The molecule has 1 unspecified atom stereocenters. The predicted molar refractivity (Wildman–Crippen MR) is 62.4 cm³/mol. The summed E-state index contributed by atoms with van der Waals surface area (Å²) in [6, 6.07) is 5.69. The summed E-state index contributed by atoms with van der Waals surface area (Å²) in [6.07, 6.45) is 0. The van der Waals surface area contributed by atoms with Crippen LogP contribution < -0.4 is 5.32 Å². The molecule has 0 spiro atoms. The van der Waals surface area contributed by atoms with Crippen LogP contribution in [0.15, 0.2) is 18.2 Å². The molecule has 0 radical (unpaired) electrons. The molecule has 1 aromatic carbocycles. The Morgan fingerprint density at radius 2 is 2.36 bits per heavy atom. The van der Waals surface area contributed by atoms with Gasteiger partial charge in [-0.1, -0.05) is 6.07 Å². The van der Waals surface area contributed by atoms with Crippen molar-refractivity contribution >= 4 is 22.6 Å². The fourth-order valence-electron chi connectivity index (χ4n) is 1.56. The van der Waals surface area contributed by atoms with Crippen molar-refractivity contribution in [3.05, 3.63) is 27.3 Å². The van der Waals surface area contributed by atoms with Crippen LogP contribution in [-0.4, -0.2) is 24.9 Å². The van der Waals surface area contributed by atoms with E-state index in [0.29, 0.717) is 12.4 Å². The van der Waals surface area contributed by atoms with Crippen molar-refractivity contribution < 1.29 is 9.84 Å². The lowest BCUT2D eigenvalue weighted by Gasteiger charge is -2.25. The summed E-state index contributed by atoms with van der Waals surface area (Å²) < 4.78 is 6.47. The lowest BCUT2D eigenvalue weighted by Crippen LogP contribution is -2.34. The summed E-state index contributed by atoms with van der Waals surface area (Å²) in [4.78, 5) is 0. The molecule has 3 nitrogen and oxygen atoms in total. The number of hydrogen-bond acceptors (Lipinski definition) is 3. The van der Waals surface area contributed by atoms with Crippen LogP contribution in [0.25, 0.3) is 0 Å². The molecule has 2 rings (SSSR count). The molecule has 0 saturated carbocycles. The Morgan fingerprint density at radius 1 is 1.50 bits per heavy atom. The van der Waals surface area contributed by atoms with Gasteiger partial charge in [-0.25, -0.2) is 0 Å². The topological polar surface area (TPSA) is 41.5 Å². The van der Waals surface area contributed by atoms with E-state index in [-0.39, 0.29) is 6.04 Å². The van der Waals surface area contributed by atoms with Crippen LogP contribution in [0, 0.1) is 3.57 Å². The molecule has 1 fully saturated rings. The molecule has 1 aromatic rings. The zero-order valence-corrected chi connectivity index (χ0v) is 9.82. The molecular formula is C10H12INO2. The molecule has 0 aromatic heterocycles. The Balaban J connectivity index is 2.22. The van der Waals surface area contributed by atoms with Crippen molar-refractivity contribution in [2.45, 2.75) is 6.04 Å². The van der Waals surface area contributed by atoms with E-state index in [1.807, 2.05) is 6.07 Å². The van der Waals surface area contributed by atoms with Crippen molar-refractivity contribution in [1.29, 1.82) is 0 Å². The molecule has 2 N–H and O–H groups in total. The van der Waals surface area contributed by atoms with Crippen molar-refractivity contribution in [2.24, 2.45) is 0 Å². The first kappa shape index (κ1) is 10.2. The van der Waals surface area contributed by atoms with Crippen LogP contribution in [0.5, 0.6) is 5.75 Å². The average Bonchev–Trinajstić information content (AvgIpc) is 2.19. The second kappa shape index (κ2) is 4.46. The van der Waals surface area contributed by atoms with Gasteiger partial charge < -0.3 is 15.2 Å². The minimum Gasteiger partial charge on any atom is -0.508 e. The van der Waals surface area contributed by atoms with Gasteiger partial charge in [0, 0.05) is 10.1 Å². The van der Waals surface area contributed by atoms with E-state index in [2.05, 4.69) is 27.9 Å². The van der Waals surface area contributed by atoms with Gasteiger partial charge in [0.15, 0.2) is 0 Å². The smallest absolute Gasteiger partial charge is 0.116 e. The maximum absolute atomic E-state index is 9.28. The van der Waals surface area contributed by atoms with Gasteiger partial charge >= 0.3 is 0 Å². The van der Waals surface area contributed by atoms with Crippen LogP contribution in [0.2, 0.25) is 0 Å². The molecule has 4 heteroatoms. The van der Waals surface area contributed by atoms with E-state index in [9.17, 15) is 5.11 Å². The van der Waals surface area contributed by atoms with Crippen molar-refractivity contribution in [3.63, 3.8) is 0 Å². The molecule has 0 aliphatic carbocycles. The van der Waals surface area contributed by atoms with Crippen LogP contribution in [0.3, 0.4) is 0 Å². The van der Waals surface area contributed by atoms with Crippen molar-refractivity contribution in [2.75, 3.05) is 19.8 Å². The standard InChI is InChI=1S/C10H12INO2/c11-9-5-7(13)1-2-8(9)10-6-14-4-3-12-10/h1-2,5,10,12-13H,3-4,6H2. The highest BCUT2D eigenvalue weighted by molar-refractivity contribution is 14.1. The van der Waals surface area contributed by atoms with Gasteiger partial charge in [-0.3, -0.25) is 0 Å². The molecular weight excluding hydrogens is 293 g/mol. The highest BCUT2D eigenvalue weighted by Crippen LogP contribution is 2.25. The average molecular weight is 305 g/mol. The number of phenolic OH excluding ortho intramolecular Hbond substituents is 1. The van der Waals surface area contributed by atoms with Crippen LogP contribution in [0.1, 0.15) is 11.6 Å². The zero-order chi connectivity index (χ0) is 9.97. The second-order valence-electron chi connectivity index (χ2n) is 3.29. The molecule has 1 heterocycles. The van der Waals surface area contributed by atoms with Gasteiger partial charge in [0.25, 0.3) is 0 Å². The van der Waals surface area contributed by atoms with Crippen LogP contribution in [-0.2, 0) is 4.74 Å². The van der Waals surface area contributed by atoms with Crippen LogP contribution >= 0.6 is 22.6 Å². The monoisotopic (exact) mass is 305 g/mol. The molecule has 1 aliphatic rings. The Labute approximate surface area is 96.6 Å². The molecule has 1 aliphatic heterocycles. The summed E-state index contributed by atoms with van der Waals surface area (Å²) in [5.74, 6) is 0.315. The van der Waals surface area contributed by atoms with Crippen molar-refractivity contribution in [1.82, 2.24) is 5.32 Å². The number of morpholine rings is 1. The fourth-order valence-corrected chi connectivity index (χ4v) is 2.44. The number of ether oxygens (including phenoxy) is 1. The molecule has 14 heavy (non-hydrogen) atoms. The largest absolute Gasteiger partial charge is 0.508 e. The van der Waals surface area contributed by atoms with E-state index in [1.54, 1.807) is 12.1 Å². The minimum absolute atomic E-state index is 0.260. The normalized spacial score (nSPS) is 22.2.